The van der Waals surface area contributed by atoms with E-state index in [0.717, 1.165) is 36.3 Å². The number of carboxylic acid groups (broad SMARTS) is 1. The highest BCUT2D eigenvalue weighted by Crippen LogP contribution is 2.46. The van der Waals surface area contributed by atoms with Gasteiger partial charge in [-0.2, -0.15) is 0 Å². The zero-order chi connectivity index (χ0) is 25.8. The van der Waals surface area contributed by atoms with Gasteiger partial charge in [0, 0.05) is 5.56 Å². The molecule has 0 saturated heterocycles. The predicted molar refractivity (Wildman–Crippen MR) is 128 cm³/mol. The van der Waals surface area contributed by atoms with E-state index < -0.39 is 32.5 Å². The summed E-state index contributed by atoms with van der Waals surface area (Å²) < 4.78 is 33.8. The molecule has 0 aliphatic rings. The monoisotopic (exact) mass is 506 g/mol. The molecule has 0 fully saturated rings. The van der Waals surface area contributed by atoms with Gasteiger partial charge >= 0.3 is 13.8 Å². The molecule has 11 heteroatoms. The fourth-order valence-electron chi connectivity index (χ4n) is 3.08. The second-order valence-corrected chi connectivity index (χ2v) is 10.5. The first-order valence-electron chi connectivity index (χ1n) is 11.6. The number of aliphatic carboxylic acids is 1. The summed E-state index contributed by atoms with van der Waals surface area (Å²) >= 11 is 0. The van der Waals surface area contributed by atoms with Crippen LogP contribution in [0.4, 0.5) is 0 Å². The van der Waals surface area contributed by atoms with E-state index in [2.05, 4.69) is 6.92 Å². The highest BCUT2D eigenvalue weighted by molar-refractivity contribution is 7.47. The summed E-state index contributed by atoms with van der Waals surface area (Å²) in [7, 11) is 0.283. The average molecular weight is 507 g/mol. The van der Waals surface area contributed by atoms with Crippen molar-refractivity contribution in [1.82, 2.24) is 0 Å². The van der Waals surface area contributed by atoms with Crippen molar-refractivity contribution in [3.63, 3.8) is 0 Å². The molecule has 1 aromatic rings. The molecule has 0 spiro atoms. The number of benzene rings is 1. The minimum Gasteiger partial charge on any atom is -0.493 e. The SMILES string of the molecule is CCCCCOc1cccc(OCCCCOP(=O)(O)OC(CC(=O)O)C(O)[N+](C)(C)C)c1C. The molecule has 0 aromatic heterocycles. The van der Waals surface area contributed by atoms with Crippen LogP contribution < -0.4 is 9.47 Å². The summed E-state index contributed by atoms with van der Waals surface area (Å²) in [5.41, 5.74) is 0.920. The number of hydrogen-bond acceptors (Lipinski definition) is 7. The van der Waals surface area contributed by atoms with Gasteiger partial charge in [-0.1, -0.05) is 25.8 Å². The third-order valence-electron chi connectivity index (χ3n) is 5.06. The molecule has 3 unspecified atom stereocenters. The van der Waals surface area contributed by atoms with Crippen molar-refractivity contribution in [2.45, 2.75) is 64.7 Å². The van der Waals surface area contributed by atoms with Gasteiger partial charge < -0.3 is 29.1 Å². The molecule has 0 aliphatic heterocycles. The summed E-state index contributed by atoms with van der Waals surface area (Å²) in [4.78, 5) is 21.0. The number of carbonyl (C=O) groups is 1. The number of phosphoric ester groups is 1. The van der Waals surface area contributed by atoms with Crippen LogP contribution >= 0.6 is 7.82 Å². The Labute approximate surface area is 202 Å². The molecule has 196 valence electrons. The van der Waals surface area contributed by atoms with Crippen molar-refractivity contribution in [3.8, 4) is 11.5 Å². The number of phosphoric acid groups is 1. The van der Waals surface area contributed by atoms with Crippen LogP contribution in [0.15, 0.2) is 18.2 Å². The molecular weight excluding hydrogens is 465 g/mol. The number of aliphatic hydroxyl groups is 1. The lowest BCUT2D eigenvalue weighted by Gasteiger charge is -2.34. The van der Waals surface area contributed by atoms with Crippen LogP contribution in [-0.2, 0) is 18.4 Å². The van der Waals surface area contributed by atoms with Crippen molar-refractivity contribution >= 4 is 13.8 Å². The van der Waals surface area contributed by atoms with Gasteiger partial charge in [-0.3, -0.25) is 13.8 Å². The molecule has 3 atom stereocenters. The first-order valence-corrected chi connectivity index (χ1v) is 13.1. The van der Waals surface area contributed by atoms with E-state index in [1.807, 2.05) is 25.1 Å². The number of likely N-dealkylation sites (N-methyl/N-ethyl adjacent to an activating group) is 1. The number of hydrogen-bond donors (Lipinski definition) is 3. The molecule has 0 saturated carbocycles. The highest BCUT2D eigenvalue weighted by atomic mass is 31.2. The van der Waals surface area contributed by atoms with Crippen LogP contribution in [0.5, 0.6) is 11.5 Å². The van der Waals surface area contributed by atoms with Gasteiger partial charge in [-0.25, -0.2) is 4.57 Å². The van der Waals surface area contributed by atoms with Crippen LogP contribution in [0.1, 0.15) is 51.0 Å². The standard InChI is InChI=1S/C23H40NO9P/c1-6-7-8-14-30-19-12-11-13-20(18(19)2)31-15-9-10-16-32-34(28,29)33-21(17-22(25)26)23(27)24(3,4)5/h11-13,21,23,27H,6-10,14-17H2,1-5H3,(H-,25,26,28,29)/p+1. The Kier molecular flexibility index (Phi) is 13.1. The van der Waals surface area contributed by atoms with E-state index in [4.69, 9.17) is 23.6 Å². The lowest BCUT2D eigenvalue weighted by Crippen LogP contribution is -2.52. The van der Waals surface area contributed by atoms with Crippen LogP contribution in [0.2, 0.25) is 0 Å². The number of carboxylic acids is 1. The first-order chi connectivity index (χ1) is 15.9. The molecular formula is C23H41NO9P+. The van der Waals surface area contributed by atoms with Crippen LogP contribution in [0.25, 0.3) is 0 Å². The lowest BCUT2D eigenvalue weighted by atomic mass is 10.2. The number of rotatable bonds is 18. The molecule has 0 heterocycles. The van der Waals surface area contributed by atoms with E-state index in [1.165, 1.54) is 0 Å². The third kappa shape index (κ3) is 11.6. The van der Waals surface area contributed by atoms with Gasteiger partial charge in [0.1, 0.15) is 11.5 Å². The second kappa shape index (κ2) is 14.7. The van der Waals surface area contributed by atoms with E-state index in [-0.39, 0.29) is 11.1 Å². The summed E-state index contributed by atoms with van der Waals surface area (Å²) in [6.07, 6.45) is 0.861. The molecule has 3 N–H and O–H groups in total. The first kappa shape index (κ1) is 30.4. The van der Waals surface area contributed by atoms with Gasteiger partial charge in [0.25, 0.3) is 0 Å². The third-order valence-corrected chi connectivity index (χ3v) is 6.11. The zero-order valence-electron chi connectivity index (χ0n) is 20.9. The zero-order valence-corrected chi connectivity index (χ0v) is 21.8. The maximum Gasteiger partial charge on any atom is 0.472 e. The van der Waals surface area contributed by atoms with Crippen molar-refractivity contribution < 1.29 is 47.5 Å². The number of nitrogens with zero attached hydrogens (tertiary/aromatic N) is 1. The molecule has 0 bridgehead atoms. The number of ether oxygens (including phenoxy) is 2. The van der Waals surface area contributed by atoms with Gasteiger partial charge in [-0.05, 0) is 38.3 Å². The summed E-state index contributed by atoms with van der Waals surface area (Å²) in [5.74, 6) is 0.249. The smallest absolute Gasteiger partial charge is 0.472 e. The molecule has 1 rings (SSSR count). The van der Waals surface area contributed by atoms with E-state index in [9.17, 15) is 19.4 Å². The minimum absolute atomic E-state index is 0.0698. The van der Waals surface area contributed by atoms with E-state index in [0.29, 0.717) is 26.1 Å². The number of unbranched alkanes of at least 4 members (excludes halogenated alkanes) is 3. The van der Waals surface area contributed by atoms with Gasteiger partial charge in [0.05, 0.1) is 47.4 Å². The molecule has 34 heavy (non-hydrogen) atoms. The normalized spacial score (nSPS) is 15.4. The Morgan fingerprint density at radius 1 is 1.03 bits per heavy atom. The Balaban J connectivity index is 2.45. The summed E-state index contributed by atoms with van der Waals surface area (Å²) in [5, 5.41) is 19.3. The fourth-order valence-corrected chi connectivity index (χ4v) is 4.02. The van der Waals surface area contributed by atoms with E-state index in [1.54, 1.807) is 21.1 Å². The lowest BCUT2D eigenvalue weighted by molar-refractivity contribution is -0.922. The Morgan fingerprint density at radius 2 is 1.56 bits per heavy atom. The quantitative estimate of drug-likeness (QED) is 0.118. The van der Waals surface area contributed by atoms with Crippen molar-refractivity contribution in [1.29, 1.82) is 0 Å². The van der Waals surface area contributed by atoms with Gasteiger partial charge in [-0.15, -0.1) is 0 Å². The highest BCUT2D eigenvalue weighted by Gasteiger charge is 2.39. The fraction of sp³-hybridized carbons (Fsp3) is 0.696. The minimum atomic E-state index is -4.56. The van der Waals surface area contributed by atoms with Crippen molar-refractivity contribution in [2.24, 2.45) is 0 Å². The molecule has 0 radical (unpaired) electrons. The maximum absolute atomic E-state index is 12.3. The molecule has 0 aliphatic carbocycles. The van der Waals surface area contributed by atoms with Crippen LogP contribution in [-0.4, -0.2) is 78.9 Å². The molecule has 10 nitrogen and oxygen atoms in total. The summed E-state index contributed by atoms with van der Waals surface area (Å²) in [6, 6.07) is 5.65. The van der Waals surface area contributed by atoms with Crippen molar-refractivity contribution in [3.05, 3.63) is 23.8 Å². The van der Waals surface area contributed by atoms with Gasteiger partial charge in [0.2, 0.25) is 6.23 Å². The van der Waals surface area contributed by atoms with Crippen molar-refractivity contribution in [2.75, 3.05) is 41.0 Å². The average Bonchev–Trinajstić information content (AvgIpc) is 2.73. The Morgan fingerprint density at radius 3 is 2.06 bits per heavy atom. The topological polar surface area (TPSA) is 132 Å². The second-order valence-electron chi connectivity index (χ2n) is 9.06. The predicted octanol–water partition coefficient (Wildman–Crippen LogP) is 3.72. The van der Waals surface area contributed by atoms with Gasteiger partial charge in [0.15, 0.2) is 6.10 Å². The summed E-state index contributed by atoms with van der Waals surface area (Å²) in [6.45, 7) is 5.03. The maximum atomic E-state index is 12.3. The Bertz CT molecular complexity index is 797. The molecule has 0 amide bonds. The van der Waals surface area contributed by atoms with Crippen LogP contribution in [0, 0.1) is 6.92 Å². The van der Waals surface area contributed by atoms with Crippen LogP contribution in [0.3, 0.4) is 0 Å². The Hall–Kier alpha value is -1.68. The largest absolute Gasteiger partial charge is 0.493 e. The van der Waals surface area contributed by atoms with E-state index >= 15 is 0 Å². The molecule has 1 aromatic carbocycles. The number of quaternary nitrogens is 1. The number of aliphatic hydroxyl groups excluding tert-OH is 1.